The number of nitrogens with one attached hydrogen (secondary N) is 1. The van der Waals surface area contributed by atoms with Crippen molar-refractivity contribution in [2.24, 2.45) is 4.99 Å². The number of piperidine rings is 1. The van der Waals surface area contributed by atoms with E-state index in [-0.39, 0.29) is 30.1 Å². The van der Waals surface area contributed by atoms with E-state index in [2.05, 4.69) is 15.2 Å². The van der Waals surface area contributed by atoms with E-state index in [1.807, 2.05) is 55.6 Å². The summed E-state index contributed by atoms with van der Waals surface area (Å²) in [5.74, 6) is 3.31. The number of benzene rings is 2. The molecular weight excluding hydrogens is 481 g/mol. The van der Waals surface area contributed by atoms with Gasteiger partial charge in [-0.25, -0.2) is 0 Å². The minimum absolute atomic E-state index is 0. The second-order valence-corrected chi connectivity index (χ2v) is 6.67. The van der Waals surface area contributed by atoms with Crippen molar-refractivity contribution < 1.29 is 14.2 Å². The van der Waals surface area contributed by atoms with Crippen molar-refractivity contribution in [3.63, 3.8) is 0 Å². The van der Waals surface area contributed by atoms with Crippen molar-refractivity contribution in [1.29, 1.82) is 0 Å². The maximum Gasteiger partial charge on any atom is 0.193 e. The smallest absolute Gasteiger partial charge is 0.193 e. The molecule has 0 amide bonds. The van der Waals surface area contributed by atoms with Crippen LogP contribution in [0, 0.1) is 0 Å². The molecule has 1 saturated heterocycles. The second kappa shape index (κ2) is 11.7. The van der Waals surface area contributed by atoms with Crippen LogP contribution in [0.5, 0.6) is 17.2 Å². The second-order valence-electron chi connectivity index (χ2n) is 6.67. The lowest BCUT2D eigenvalue weighted by Crippen LogP contribution is -2.47. The topological polar surface area (TPSA) is 55.3 Å². The van der Waals surface area contributed by atoms with Crippen LogP contribution < -0.4 is 19.5 Å². The van der Waals surface area contributed by atoms with Crippen LogP contribution in [0.15, 0.2) is 53.5 Å². The van der Waals surface area contributed by atoms with Gasteiger partial charge in [-0.15, -0.1) is 24.0 Å². The molecule has 1 aliphatic heterocycles. The van der Waals surface area contributed by atoms with Gasteiger partial charge in [0.1, 0.15) is 11.9 Å². The first-order valence-corrected chi connectivity index (χ1v) is 9.62. The Morgan fingerprint density at radius 1 is 1.03 bits per heavy atom. The highest BCUT2D eigenvalue weighted by molar-refractivity contribution is 14.0. The summed E-state index contributed by atoms with van der Waals surface area (Å²) < 4.78 is 17.0. The van der Waals surface area contributed by atoms with Crippen molar-refractivity contribution in [2.75, 3.05) is 34.4 Å². The zero-order valence-corrected chi connectivity index (χ0v) is 19.6. The summed E-state index contributed by atoms with van der Waals surface area (Å²) in [7, 11) is 5.13. The van der Waals surface area contributed by atoms with Crippen molar-refractivity contribution in [3.05, 3.63) is 54.1 Å². The average Bonchev–Trinajstić information content (AvgIpc) is 2.75. The number of ether oxygens (including phenoxy) is 3. The molecule has 1 N–H and O–H groups in total. The van der Waals surface area contributed by atoms with Crippen LogP contribution in [0.4, 0.5) is 0 Å². The van der Waals surface area contributed by atoms with Gasteiger partial charge in [0.05, 0.1) is 14.2 Å². The van der Waals surface area contributed by atoms with E-state index in [4.69, 9.17) is 14.2 Å². The van der Waals surface area contributed by atoms with Gasteiger partial charge < -0.3 is 24.4 Å². The van der Waals surface area contributed by atoms with Gasteiger partial charge in [-0.05, 0) is 18.2 Å². The first-order chi connectivity index (χ1) is 13.7. The van der Waals surface area contributed by atoms with Gasteiger partial charge in [-0.1, -0.05) is 30.3 Å². The van der Waals surface area contributed by atoms with Crippen molar-refractivity contribution in [1.82, 2.24) is 10.2 Å². The third kappa shape index (κ3) is 6.16. The van der Waals surface area contributed by atoms with Gasteiger partial charge in [-0.2, -0.15) is 0 Å². The molecule has 158 valence electrons. The minimum Gasteiger partial charge on any atom is -0.493 e. The zero-order chi connectivity index (χ0) is 19.8. The van der Waals surface area contributed by atoms with Crippen molar-refractivity contribution in [2.45, 2.75) is 25.5 Å². The summed E-state index contributed by atoms with van der Waals surface area (Å²) in [4.78, 5) is 6.73. The molecule has 0 aromatic heterocycles. The maximum atomic E-state index is 6.08. The third-order valence-electron chi connectivity index (χ3n) is 4.92. The number of halogens is 1. The lowest BCUT2D eigenvalue weighted by atomic mass is 10.1. The molecule has 29 heavy (non-hydrogen) atoms. The molecule has 1 fully saturated rings. The quantitative estimate of drug-likeness (QED) is 0.362. The summed E-state index contributed by atoms with van der Waals surface area (Å²) >= 11 is 0. The highest BCUT2D eigenvalue weighted by Crippen LogP contribution is 2.30. The van der Waals surface area contributed by atoms with Crippen LogP contribution in [-0.2, 0) is 6.54 Å². The van der Waals surface area contributed by atoms with E-state index in [0.717, 1.165) is 54.7 Å². The van der Waals surface area contributed by atoms with Crippen molar-refractivity contribution in [3.8, 4) is 17.2 Å². The summed E-state index contributed by atoms with van der Waals surface area (Å²) in [6.45, 7) is 2.44. The van der Waals surface area contributed by atoms with Gasteiger partial charge in [0.15, 0.2) is 17.5 Å². The fraction of sp³-hybridized carbons (Fsp3) is 0.409. The van der Waals surface area contributed by atoms with Crippen LogP contribution in [0.25, 0.3) is 0 Å². The molecule has 0 bridgehead atoms. The maximum absolute atomic E-state index is 6.08. The highest BCUT2D eigenvalue weighted by atomic mass is 127. The zero-order valence-electron chi connectivity index (χ0n) is 17.3. The number of hydrogen-bond donors (Lipinski definition) is 1. The van der Waals surface area contributed by atoms with Gasteiger partial charge in [0.25, 0.3) is 0 Å². The summed E-state index contributed by atoms with van der Waals surface area (Å²) in [6.07, 6.45) is 2.19. The number of methoxy groups -OCH3 is 2. The molecule has 3 rings (SSSR count). The van der Waals surface area contributed by atoms with E-state index in [9.17, 15) is 0 Å². The Labute approximate surface area is 190 Å². The summed E-state index contributed by atoms with van der Waals surface area (Å²) in [5.41, 5.74) is 1.03. The number of rotatable bonds is 6. The van der Waals surface area contributed by atoms with E-state index in [1.165, 1.54) is 0 Å². The molecule has 1 aliphatic rings. The first-order valence-electron chi connectivity index (χ1n) is 9.62. The number of aliphatic imine (C=N–C) groups is 1. The van der Waals surface area contributed by atoms with Crippen LogP contribution in [0.2, 0.25) is 0 Å². The number of para-hydroxylation sites is 2. The molecular formula is C22H30IN3O3. The Morgan fingerprint density at radius 3 is 2.38 bits per heavy atom. The fourth-order valence-corrected chi connectivity index (χ4v) is 3.48. The molecule has 0 aliphatic carbocycles. The van der Waals surface area contributed by atoms with Gasteiger partial charge in [0, 0.05) is 45.1 Å². The van der Waals surface area contributed by atoms with E-state index in [1.54, 1.807) is 14.2 Å². The lowest BCUT2D eigenvalue weighted by Gasteiger charge is -2.34. The van der Waals surface area contributed by atoms with Crippen LogP contribution in [0.3, 0.4) is 0 Å². The summed E-state index contributed by atoms with van der Waals surface area (Å²) in [5, 5.41) is 3.45. The minimum atomic E-state index is 0. The molecule has 2 aromatic rings. The Morgan fingerprint density at radius 2 is 1.76 bits per heavy atom. The van der Waals surface area contributed by atoms with Gasteiger partial charge in [-0.3, -0.25) is 4.99 Å². The number of guanidine groups is 1. The van der Waals surface area contributed by atoms with Gasteiger partial charge in [0.2, 0.25) is 0 Å². The Balaban J connectivity index is 0.00000300. The fourth-order valence-electron chi connectivity index (χ4n) is 3.48. The predicted molar refractivity (Wildman–Crippen MR) is 127 cm³/mol. The van der Waals surface area contributed by atoms with E-state index in [0.29, 0.717) is 6.54 Å². The van der Waals surface area contributed by atoms with Crippen LogP contribution in [0.1, 0.15) is 18.4 Å². The Hall–Kier alpha value is -2.16. The molecule has 0 unspecified atom stereocenters. The highest BCUT2D eigenvalue weighted by Gasteiger charge is 2.23. The molecule has 2 aromatic carbocycles. The summed E-state index contributed by atoms with van der Waals surface area (Å²) in [6, 6.07) is 15.9. The predicted octanol–water partition coefficient (Wildman–Crippen LogP) is 3.94. The molecule has 0 radical (unpaired) electrons. The molecule has 7 heteroatoms. The Kier molecular flexibility index (Phi) is 9.37. The van der Waals surface area contributed by atoms with E-state index < -0.39 is 0 Å². The molecule has 1 heterocycles. The third-order valence-corrected chi connectivity index (χ3v) is 4.92. The molecule has 6 nitrogen and oxygen atoms in total. The first kappa shape index (κ1) is 23.1. The molecule has 0 atom stereocenters. The molecule has 0 spiro atoms. The standard InChI is InChI=1S/C22H29N3O3.HI/c1-23-22(24-16-17-8-7-11-20(26-2)21(17)27-3)25-14-12-19(13-15-25)28-18-9-5-4-6-10-18;/h4-11,19H,12-16H2,1-3H3,(H,23,24);1H. The van der Waals surface area contributed by atoms with Crippen LogP contribution in [-0.4, -0.2) is 51.3 Å². The van der Waals surface area contributed by atoms with Crippen LogP contribution >= 0.6 is 24.0 Å². The number of likely N-dealkylation sites (tertiary alicyclic amines) is 1. The Bertz CT molecular complexity index is 778. The van der Waals surface area contributed by atoms with E-state index >= 15 is 0 Å². The average molecular weight is 511 g/mol. The lowest BCUT2D eigenvalue weighted by molar-refractivity contribution is 0.129. The number of nitrogens with zero attached hydrogens (tertiary/aromatic N) is 2. The SMILES string of the molecule is CN=C(NCc1cccc(OC)c1OC)N1CCC(Oc2ccccc2)CC1.I. The monoisotopic (exact) mass is 511 g/mol. The largest absolute Gasteiger partial charge is 0.493 e. The van der Waals surface area contributed by atoms with Crippen molar-refractivity contribution >= 4 is 29.9 Å². The normalized spacial score (nSPS) is 14.7. The van der Waals surface area contributed by atoms with Gasteiger partial charge >= 0.3 is 0 Å². The number of hydrogen-bond acceptors (Lipinski definition) is 4. The molecule has 0 saturated carbocycles.